The molecule has 2 rings (SSSR count). The van der Waals surface area contributed by atoms with Gasteiger partial charge in [-0.3, -0.25) is 0 Å². The molecule has 0 amide bonds. The number of hydrogen-bond donors (Lipinski definition) is 1. The van der Waals surface area contributed by atoms with E-state index in [0.29, 0.717) is 18.7 Å². The molecule has 0 fully saturated rings. The van der Waals surface area contributed by atoms with E-state index in [4.69, 9.17) is 0 Å². The van der Waals surface area contributed by atoms with Gasteiger partial charge < -0.3 is 9.88 Å². The smallest absolute Gasteiger partial charge is 0.130 e. The Morgan fingerprint density at radius 1 is 1.18 bits per heavy atom. The number of nitrogens with one attached hydrogen (secondary N) is 1. The Morgan fingerprint density at radius 2 is 2.00 bits per heavy atom. The molecule has 0 spiro atoms. The summed E-state index contributed by atoms with van der Waals surface area (Å²) in [6.07, 6.45) is 3.95. The summed E-state index contributed by atoms with van der Waals surface area (Å²) in [4.78, 5) is 0. The van der Waals surface area contributed by atoms with Crippen LogP contribution in [0, 0.1) is 11.6 Å². The van der Waals surface area contributed by atoms with E-state index in [1.54, 1.807) is 0 Å². The van der Waals surface area contributed by atoms with Crippen molar-refractivity contribution in [1.29, 1.82) is 0 Å². The highest BCUT2D eigenvalue weighted by Gasteiger charge is 2.03. The molecule has 17 heavy (non-hydrogen) atoms. The first-order valence-corrected chi connectivity index (χ1v) is 5.40. The number of benzene rings is 1. The van der Waals surface area contributed by atoms with Crippen molar-refractivity contribution in [3.63, 3.8) is 0 Å². The van der Waals surface area contributed by atoms with Gasteiger partial charge in [0.15, 0.2) is 0 Å². The van der Waals surface area contributed by atoms with Crippen molar-refractivity contribution in [2.75, 3.05) is 0 Å². The Kier molecular flexibility index (Phi) is 3.54. The van der Waals surface area contributed by atoms with Crippen molar-refractivity contribution >= 4 is 0 Å². The second kappa shape index (κ2) is 5.10. The lowest BCUT2D eigenvalue weighted by atomic mass is 10.2. The topological polar surface area (TPSA) is 17.0 Å². The quantitative estimate of drug-likeness (QED) is 0.863. The van der Waals surface area contributed by atoms with E-state index in [9.17, 15) is 8.78 Å². The average molecular weight is 236 g/mol. The van der Waals surface area contributed by atoms with E-state index in [-0.39, 0.29) is 0 Å². The summed E-state index contributed by atoms with van der Waals surface area (Å²) in [5.41, 5.74) is 1.61. The zero-order chi connectivity index (χ0) is 12.3. The van der Waals surface area contributed by atoms with Gasteiger partial charge in [0.2, 0.25) is 0 Å². The minimum atomic E-state index is -0.547. The van der Waals surface area contributed by atoms with Crippen molar-refractivity contribution in [2.45, 2.75) is 13.1 Å². The Morgan fingerprint density at radius 3 is 2.65 bits per heavy atom. The Bertz CT molecular complexity index is 506. The normalized spacial score (nSPS) is 10.8. The van der Waals surface area contributed by atoms with E-state index < -0.39 is 11.6 Å². The Hall–Kier alpha value is -1.68. The molecule has 2 nitrogen and oxygen atoms in total. The number of hydrogen-bond acceptors (Lipinski definition) is 1. The van der Waals surface area contributed by atoms with Gasteiger partial charge in [0, 0.05) is 44.2 Å². The maximum atomic E-state index is 13.3. The predicted octanol–water partition coefficient (Wildman–Crippen LogP) is 2.59. The van der Waals surface area contributed by atoms with Crippen molar-refractivity contribution in [1.82, 2.24) is 9.88 Å². The summed E-state index contributed by atoms with van der Waals surface area (Å²) < 4.78 is 27.9. The third-order valence-electron chi connectivity index (χ3n) is 2.55. The van der Waals surface area contributed by atoms with E-state index in [2.05, 4.69) is 5.32 Å². The number of nitrogens with zero attached hydrogens (tertiary/aromatic N) is 1. The summed E-state index contributed by atoms with van der Waals surface area (Å²) in [6, 6.07) is 5.62. The fraction of sp³-hybridized carbons (Fsp3) is 0.231. The third-order valence-corrected chi connectivity index (χ3v) is 2.55. The molecule has 1 aromatic carbocycles. The molecule has 0 radical (unpaired) electrons. The summed E-state index contributed by atoms with van der Waals surface area (Å²) >= 11 is 0. The van der Waals surface area contributed by atoms with Gasteiger partial charge in [-0.15, -0.1) is 0 Å². The molecule has 4 heteroatoms. The van der Waals surface area contributed by atoms with Crippen LogP contribution in [-0.4, -0.2) is 4.57 Å². The summed E-state index contributed by atoms with van der Waals surface area (Å²) in [5.74, 6) is -1.06. The van der Waals surface area contributed by atoms with Crippen LogP contribution in [0.4, 0.5) is 8.78 Å². The monoisotopic (exact) mass is 236 g/mol. The first-order chi connectivity index (χ1) is 8.15. The van der Waals surface area contributed by atoms with Gasteiger partial charge in [-0.25, -0.2) is 8.78 Å². The second-order valence-corrected chi connectivity index (χ2v) is 4.02. The van der Waals surface area contributed by atoms with Crippen LogP contribution in [0.2, 0.25) is 0 Å². The molecule has 1 heterocycles. The van der Waals surface area contributed by atoms with Crippen LogP contribution in [0.3, 0.4) is 0 Å². The minimum Gasteiger partial charge on any atom is -0.357 e. The third kappa shape index (κ3) is 3.14. The molecule has 0 aliphatic carbocycles. The number of rotatable bonds is 4. The lowest BCUT2D eigenvalue weighted by Crippen LogP contribution is -2.13. The maximum Gasteiger partial charge on any atom is 0.130 e. The van der Waals surface area contributed by atoms with Crippen LogP contribution >= 0.6 is 0 Å². The Balaban J connectivity index is 1.90. The fourth-order valence-electron chi connectivity index (χ4n) is 1.67. The molecule has 0 aliphatic heterocycles. The van der Waals surface area contributed by atoms with Gasteiger partial charge in [0.25, 0.3) is 0 Å². The number of halogens is 2. The van der Waals surface area contributed by atoms with Crippen molar-refractivity contribution in [3.8, 4) is 0 Å². The van der Waals surface area contributed by atoms with Crippen LogP contribution in [0.5, 0.6) is 0 Å². The molecule has 0 bridgehead atoms. The molecular formula is C13H14F2N2. The molecule has 0 unspecified atom stereocenters. The summed E-state index contributed by atoms with van der Waals surface area (Å²) in [5, 5.41) is 3.12. The standard InChI is InChI=1S/C13H14F2N2/c1-17-5-4-10(9-17)7-16-8-11-2-3-12(14)6-13(11)15/h2-6,9,16H,7-8H2,1H3. The molecule has 1 aromatic heterocycles. The highest BCUT2D eigenvalue weighted by atomic mass is 19.1. The van der Waals surface area contributed by atoms with Crippen molar-refractivity contribution in [3.05, 3.63) is 59.4 Å². The number of aromatic nitrogens is 1. The van der Waals surface area contributed by atoms with Crippen LogP contribution in [-0.2, 0) is 20.1 Å². The van der Waals surface area contributed by atoms with E-state index in [0.717, 1.165) is 11.6 Å². The van der Waals surface area contributed by atoms with Gasteiger partial charge in [-0.2, -0.15) is 0 Å². The highest BCUT2D eigenvalue weighted by molar-refractivity contribution is 5.18. The first kappa shape index (κ1) is 11.8. The fourth-order valence-corrected chi connectivity index (χ4v) is 1.67. The molecule has 90 valence electrons. The van der Waals surface area contributed by atoms with Gasteiger partial charge >= 0.3 is 0 Å². The van der Waals surface area contributed by atoms with Crippen molar-refractivity contribution < 1.29 is 8.78 Å². The Labute approximate surface area is 98.9 Å². The molecular weight excluding hydrogens is 222 g/mol. The van der Waals surface area contributed by atoms with Gasteiger partial charge in [0.1, 0.15) is 11.6 Å². The van der Waals surface area contributed by atoms with Crippen LogP contribution in [0.15, 0.2) is 36.7 Å². The molecule has 0 saturated carbocycles. The molecule has 0 aliphatic rings. The maximum absolute atomic E-state index is 13.3. The SMILES string of the molecule is Cn1ccc(CNCc2ccc(F)cc2F)c1. The largest absolute Gasteiger partial charge is 0.357 e. The van der Waals surface area contributed by atoms with Gasteiger partial charge in [-0.1, -0.05) is 6.07 Å². The average Bonchev–Trinajstić information content (AvgIpc) is 2.68. The summed E-state index contributed by atoms with van der Waals surface area (Å²) in [7, 11) is 1.95. The minimum absolute atomic E-state index is 0.390. The lowest BCUT2D eigenvalue weighted by molar-refractivity contribution is 0.560. The van der Waals surface area contributed by atoms with Crippen LogP contribution in [0.1, 0.15) is 11.1 Å². The van der Waals surface area contributed by atoms with E-state index in [1.165, 1.54) is 12.1 Å². The van der Waals surface area contributed by atoms with Gasteiger partial charge in [-0.05, 0) is 17.7 Å². The second-order valence-electron chi connectivity index (χ2n) is 4.02. The zero-order valence-corrected chi connectivity index (χ0v) is 9.58. The van der Waals surface area contributed by atoms with Crippen molar-refractivity contribution in [2.24, 2.45) is 7.05 Å². The van der Waals surface area contributed by atoms with Gasteiger partial charge in [0.05, 0.1) is 0 Å². The first-order valence-electron chi connectivity index (χ1n) is 5.40. The summed E-state index contributed by atoms with van der Waals surface area (Å²) in [6.45, 7) is 1.05. The van der Waals surface area contributed by atoms with Crippen LogP contribution in [0.25, 0.3) is 0 Å². The zero-order valence-electron chi connectivity index (χ0n) is 9.58. The number of aryl methyl sites for hydroxylation is 1. The highest BCUT2D eigenvalue weighted by Crippen LogP contribution is 2.09. The van der Waals surface area contributed by atoms with Crippen LogP contribution < -0.4 is 5.32 Å². The molecule has 1 N–H and O–H groups in total. The molecule has 0 saturated heterocycles. The lowest BCUT2D eigenvalue weighted by Gasteiger charge is -2.05. The predicted molar refractivity (Wildman–Crippen MR) is 62.3 cm³/mol. The van der Waals surface area contributed by atoms with E-state index in [1.807, 2.05) is 30.1 Å². The van der Waals surface area contributed by atoms with E-state index >= 15 is 0 Å². The molecule has 0 atom stereocenters. The molecule has 2 aromatic rings.